The van der Waals surface area contributed by atoms with E-state index >= 15 is 0 Å². The van der Waals surface area contributed by atoms with Gasteiger partial charge < -0.3 is 16.2 Å². The van der Waals surface area contributed by atoms with Gasteiger partial charge in [0.15, 0.2) is 0 Å². The van der Waals surface area contributed by atoms with Gasteiger partial charge in [0.1, 0.15) is 0 Å². The van der Waals surface area contributed by atoms with Crippen LogP contribution >= 0.6 is 0 Å². The van der Waals surface area contributed by atoms with Gasteiger partial charge in [-0.25, -0.2) is 0 Å². The highest BCUT2D eigenvalue weighted by Gasteiger charge is 2.07. The number of nitrogens with zero attached hydrogens (tertiary/aromatic N) is 1. The monoisotopic (exact) mass is 229 g/mol. The van der Waals surface area contributed by atoms with Gasteiger partial charge in [-0.1, -0.05) is 30.3 Å². The van der Waals surface area contributed by atoms with Gasteiger partial charge in [0.2, 0.25) is 0 Å². The first kappa shape index (κ1) is 11.4. The summed E-state index contributed by atoms with van der Waals surface area (Å²) in [5.74, 6) is 0. The van der Waals surface area contributed by atoms with Gasteiger partial charge in [0.25, 0.3) is 0 Å². The normalized spacial score (nSPS) is 12.1. The molecule has 4 nitrogen and oxygen atoms in total. The van der Waals surface area contributed by atoms with E-state index in [2.05, 4.69) is 10.3 Å². The zero-order valence-corrected chi connectivity index (χ0v) is 9.38. The first-order chi connectivity index (χ1) is 8.27. The summed E-state index contributed by atoms with van der Waals surface area (Å²) in [6, 6.07) is 11.3. The Balaban J connectivity index is 1.97. The van der Waals surface area contributed by atoms with Crippen molar-refractivity contribution < 1.29 is 5.11 Å². The zero-order valence-electron chi connectivity index (χ0n) is 9.38. The van der Waals surface area contributed by atoms with Gasteiger partial charge in [0.05, 0.1) is 23.7 Å². The van der Waals surface area contributed by atoms with E-state index in [4.69, 9.17) is 5.73 Å². The Morgan fingerprint density at radius 2 is 2.00 bits per heavy atom. The zero-order chi connectivity index (χ0) is 12.1. The van der Waals surface area contributed by atoms with Crippen LogP contribution in [0.5, 0.6) is 0 Å². The van der Waals surface area contributed by atoms with E-state index in [0.29, 0.717) is 12.2 Å². The minimum Gasteiger partial charge on any atom is -0.396 e. The molecule has 0 amide bonds. The third-order valence-electron chi connectivity index (χ3n) is 2.52. The maximum Gasteiger partial charge on any atom is 0.0962 e. The SMILES string of the molecule is Nc1cnccc1NCC(O)c1ccccc1. The fourth-order valence-corrected chi connectivity index (χ4v) is 1.57. The molecule has 0 saturated carbocycles. The fourth-order valence-electron chi connectivity index (χ4n) is 1.57. The molecule has 1 heterocycles. The molecule has 4 N–H and O–H groups in total. The first-order valence-electron chi connectivity index (χ1n) is 5.44. The molecule has 2 aromatic rings. The summed E-state index contributed by atoms with van der Waals surface area (Å²) >= 11 is 0. The molecule has 0 aliphatic heterocycles. The molecule has 17 heavy (non-hydrogen) atoms. The van der Waals surface area contributed by atoms with Gasteiger partial charge in [-0.05, 0) is 11.6 Å². The van der Waals surface area contributed by atoms with Crippen molar-refractivity contribution in [1.29, 1.82) is 0 Å². The second kappa shape index (κ2) is 5.32. The molecule has 1 aromatic heterocycles. The summed E-state index contributed by atoms with van der Waals surface area (Å²) in [4.78, 5) is 3.90. The molecule has 0 saturated heterocycles. The van der Waals surface area contributed by atoms with Crippen LogP contribution in [0.4, 0.5) is 11.4 Å². The molecule has 0 spiro atoms. The standard InChI is InChI=1S/C13H15N3O/c14-11-8-15-7-6-12(11)16-9-13(17)10-4-2-1-3-5-10/h1-8,13,17H,9,14H2,(H,15,16). The average Bonchev–Trinajstić information content (AvgIpc) is 2.38. The summed E-state index contributed by atoms with van der Waals surface area (Å²) in [6.07, 6.45) is 2.69. The van der Waals surface area contributed by atoms with E-state index in [-0.39, 0.29) is 0 Å². The van der Waals surface area contributed by atoms with Crippen molar-refractivity contribution in [3.05, 3.63) is 54.4 Å². The lowest BCUT2D eigenvalue weighted by Gasteiger charge is -2.14. The highest BCUT2D eigenvalue weighted by Crippen LogP contribution is 2.18. The molecule has 1 unspecified atom stereocenters. The van der Waals surface area contributed by atoms with Gasteiger partial charge >= 0.3 is 0 Å². The van der Waals surface area contributed by atoms with Crippen molar-refractivity contribution >= 4 is 11.4 Å². The second-order valence-corrected chi connectivity index (χ2v) is 3.77. The summed E-state index contributed by atoms with van der Waals surface area (Å²) in [5, 5.41) is 13.0. The van der Waals surface area contributed by atoms with Crippen LogP contribution in [-0.4, -0.2) is 16.6 Å². The molecule has 0 bridgehead atoms. The number of hydrogen-bond acceptors (Lipinski definition) is 4. The van der Waals surface area contributed by atoms with Crippen LogP contribution in [0.2, 0.25) is 0 Å². The summed E-state index contributed by atoms with van der Waals surface area (Å²) in [5.41, 5.74) is 7.98. The summed E-state index contributed by atoms with van der Waals surface area (Å²) < 4.78 is 0. The lowest BCUT2D eigenvalue weighted by molar-refractivity contribution is 0.191. The Bertz CT molecular complexity index is 473. The van der Waals surface area contributed by atoms with Crippen molar-refractivity contribution in [3.63, 3.8) is 0 Å². The number of aliphatic hydroxyl groups is 1. The Morgan fingerprint density at radius 3 is 2.71 bits per heavy atom. The fraction of sp³-hybridized carbons (Fsp3) is 0.154. The topological polar surface area (TPSA) is 71.2 Å². The van der Waals surface area contributed by atoms with Crippen molar-refractivity contribution in [1.82, 2.24) is 4.98 Å². The molecule has 4 heteroatoms. The maximum atomic E-state index is 9.95. The minimum absolute atomic E-state index is 0.415. The number of nitrogens with one attached hydrogen (secondary N) is 1. The van der Waals surface area contributed by atoms with Crippen LogP contribution in [0.1, 0.15) is 11.7 Å². The van der Waals surface area contributed by atoms with E-state index in [1.807, 2.05) is 30.3 Å². The van der Waals surface area contributed by atoms with Crippen molar-refractivity contribution in [3.8, 4) is 0 Å². The lowest BCUT2D eigenvalue weighted by Crippen LogP contribution is -2.13. The Morgan fingerprint density at radius 1 is 1.24 bits per heavy atom. The number of benzene rings is 1. The van der Waals surface area contributed by atoms with Gasteiger partial charge in [-0.15, -0.1) is 0 Å². The molecule has 0 radical (unpaired) electrons. The lowest BCUT2D eigenvalue weighted by atomic mass is 10.1. The highest BCUT2D eigenvalue weighted by molar-refractivity contribution is 5.64. The van der Waals surface area contributed by atoms with Crippen molar-refractivity contribution in [2.75, 3.05) is 17.6 Å². The minimum atomic E-state index is -0.552. The molecule has 2 rings (SSSR count). The number of aliphatic hydroxyl groups excluding tert-OH is 1. The largest absolute Gasteiger partial charge is 0.396 e. The van der Waals surface area contributed by atoms with E-state index in [1.54, 1.807) is 18.5 Å². The second-order valence-electron chi connectivity index (χ2n) is 3.77. The molecule has 88 valence electrons. The van der Waals surface area contributed by atoms with Crippen LogP contribution in [0.15, 0.2) is 48.8 Å². The van der Waals surface area contributed by atoms with Crippen molar-refractivity contribution in [2.24, 2.45) is 0 Å². The van der Waals surface area contributed by atoms with Crippen LogP contribution in [0.3, 0.4) is 0 Å². The molecule has 1 atom stereocenters. The smallest absolute Gasteiger partial charge is 0.0962 e. The van der Waals surface area contributed by atoms with E-state index < -0.39 is 6.10 Å². The van der Waals surface area contributed by atoms with Crippen molar-refractivity contribution in [2.45, 2.75) is 6.10 Å². The van der Waals surface area contributed by atoms with Crippen LogP contribution in [-0.2, 0) is 0 Å². The Kier molecular flexibility index (Phi) is 3.57. The first-order valence-corrected chi connectivity index (χ1v) is 5.44. The molecular weight excluding hydrogens is 214 g/mol. The third-order valence-corrected chi connectivity index (χ3v) is 2.52. The summed E-state index contributed by atoms with van der Waals surface area (Å²) in [7, 11) is 0. The number of aromatic nitrogens is 1. The number of hydrogen-bond donors (Lipinski definition) is 3. The van der Waals surface area contributed by atoms with E-state index in [9.17, 15) is 5.11 Å². The number of nitrogens with two attached hydrogens (primary N) is 1. The van der Waals surface area contributed by atoms with Crippen LogP contribution in [0.25, 0.3) is 0 Å². The maximum absolute atomic E-state index is 9.95. The predicted molar refractivity (Wildman–Crippen MR) is 68.5 cm³/mol. The van der Waals surface area contributed by atoms with Gasteiger partial charge in [0, 0.05) is 12.7 Å². The number of rotatable bonds is 4. The van der Waals surface area contributed by atoms with Crippen LogP contribution in [0, 0.1) is 0 Å². The number of pyridine rings is 1. The highest BCUT2D eigenvalue weighted by atomic mass is 16.3. The van der Waals surface area contributed by atoms with E-state index in [0.717, 1.165) is 11.3 Å². The molecule has 0 aliphatic carbocycles. The van der Waals surface area contributed by atoms with Gasteiger partial charge in [-0.2, -0.15) is 0 Å². The van der Waals surface area contributed by atoms with E-state index in [1.165, 1.54) is 0 Å². The van der Waals surface area contributed by atoms with Gasteiger partial charge in [-0.3, -0.25) is 4.98 Å². The number of nitrogen functional groups attached to an aromatic ring is 1. The average molecular weight is 229 g/mol. The Labute approximate surface area is 100 Å². The molecule has 0 aliphatic rings. The Hall–Kier alpha value is -2.07. The predicted octanol–water partition coefficient (Wildman–Crippen LogP) is 1.81. The molecular formula is C13H15N3O. The molecule has 0 fully saturated rings. The third kappa shape index (κ3) is 2.95. The quantitative estimate of drug-likeness (QED) is 0.747. The number of anilines is 2. The summed E-state index contributed by atoms with van der Waals surface area (Å²) in [6.45, 7) is 0.415. The molecule has 1 aromatic carbocycles. The van der Waals surface area contributed by atoms with Crippen LogP contribution < -0.4 is 11.1 Å².